The molecular formula is C13H17N. The highest BCUT2D eigenvalue weighted by Crippen LogP contribution is 2.35. The van der Waals surface area contributed by atoms with Gasteiger partial charge in [0.05, 0.1) is 0 Å². The number of nitrogens with one attached hydrogen (secondary N) is 1. The van der Waals surface area contributed by atoms with Gasteiger partial charge in [-0.1, -0.05) is 31.0 Å². The van der Waals surface area contributed by atoms with E-state index in [-0.39, 0.29) is 0 Å². The van der Waals surface area contributed by atoms with Gasteiger partial charge in [0.15, 0.2) is 0 Å². The van der Waals surface area contributed by atoms with E-state index in [1.807, 2.05) is 0 Å². The van der Waals surface area contributed by atoms with Gasteiger partial charge < -0.3 is 5.32 Å². The Balaban J connectivity index is 1.91. The Kier molecular flexibility index (Phi) is 1.97. The number of rotatable bonds is 0. The number of fused-ring (bicyclic) bond motifs is 2. The van der Waals surface area contributed by atoms with Crippen LogP contribution < -0.4 is 5.32 Å². The lowest BCUT2D eigenvalue weighted by Gasteiger charge is -2.38. The topological polar surface area (TPSA) is 12.0 Å². The van der Waals surface area contributed by atoms with Crippen molar-refractivity contribution >= 4 is 5.69 Å². The van der Waals surface area contributed by atoms with Gasteiger partial charge in [-0.15, -0.1) is 0 Å². The molecule has 74 valence electrons. The first-order valence-electron chi connectivity index (χ1n) is 5.78. The fraction of sp³-hybridized carbons (Fsp3) is 0.538. The number of benzene rings is 1. The van der Waals surface area contributed by atoms with Crippen molar-refractivity contribution in [2.75, 3.05) is 5.32 Å². The second-order valence-corrected chi connectivity index (χ2v) is 4.66. The predicted molar refractivity (Wildman–Crippen MR) is 59.5 cm³/mol. The van der Waals surface area contributed by atoms with Gasteiger partial charge >= 0.3 is 0 Å². The van der Waals surface area contributed by atoms with E-state index in [0.717, 1.165) is 12.0 Å². The fourth-order valence-corrected chi connectivity index (χ4v) is 2.96. The van der Waals surface area contributed by atoms with Crippen LogP contribution in [0.1, 0.15) is 31.2 Å². The number of hydrogen-bond acceptors (Lipinski definition) is 1. The normalized spacial score (nSPS) is 30.0. The van der Waals surface area contributed by atoms with Crippen molar-refractivity contribution in [2.24, 2.45) is 5.92 Å². The van der Waals surface area contributed by atoms with Crippen LogP contribution in [0.2, 0.25) is 0 Å². The fourth-order valence-electron chi connectivity index (χ4n) is 2.96. The van der Waals surface area contributed by atoms with E-state index in [4.69, 9.17) is 0 Å². The molecule has 0 bridgehead atoms. The summed E-state index contributed by atoms with van der Waals surface area (Å²) < 4.78 is 0. The molecule has 14 heavy (non-hydrogen) atoms. The van der Waals surface area contributed by atoms with E-state index in [1.54, 1.807) is 0 Å². The minimum atomic E-state index is 0.763. The molecule has 2 atom stereocenters. The van der Waals surface area contributed by atoms with Crippen molar-refractivity contribution in [3.63, 3.8) is 0 Å². The van der Waals surface area contributed by atoms with Gasteiger partial charge in [-0.25, -0.2) is 0 Å². The third kappa shape index (κ3) is 1.31. The van der Waals surface area contributed by atoms with Crippen LogP contribution in [0, 0.1) is 5.92 Å². The van der Waals surface area contributed by atoms with E-state index in [0.29, 0.717) is 0 Å². The maximum atomic E-state index is 3.70. The van der Waals surface area contributed by atoms with Crippen LogP contribution in [0.4, 0.5) is 5.69 Å². The van der Waals surface area contributed by atoms with Crippen LogP contribution >= 0.6 is 0 Å². The highest BCUT2D eigenvalue weighted by atomic mass is 14.9. The van der Waals surface area contributed by atoms with Crippen LogP contribution in [0.5, 0.6) is 0 Å². The van der Waals surface area contributed by atoms with Gasteiger partial charge in [-0.3, -0.25) is 0 Å². The molecule has 0 amide bonds. The summed E-state index contributed by atoms with van der Waals surface area (Å²) in [5.74, 6) is 0.902. The molecule has 3 rings (SSSR count). The summed E-state index contributed by atoms with van der Waals surface area (Å²) >= 11 is 0. The zero-order valence-corrected chi connectivity index (χ0v) is 8.50. The average Bonchev–Trinajstić information content (AvgIpc) is 2.26. The van der Waals surface area contributed by atoms with Gasteiger partial charge in [-0.2, -0.15) is 0 Å². The molecule has 0 spiro atoms. The zero-order chi connectivity index (χ0) is 9.38. The Hall–Kier alpha value is -0.980. The average molecular weight is 187 g/mol. The van der Waals surface area contributed by atoms with Crippen LogP contribution in [0.3, 0.4) is 0 Å². The third-order valence-corrected chi connectivity index (χ3v) is 3.75. The first kappa shape index (κ1) is 8.34. The Morgan fingerprint density at radius 1 is 1.07 bits per heavy atom. The second-order valence-electron chi connectivity index (χ2n) is 4.66. The number of anilines is 1. The van der Waals surface area contributed by atoms with Crippen LogP contribution in [0.15, 0.2) is 24.3 Å². The molecule has 1 heterocycles. The van der Waals surface area contributed by atoms with E-state index in [1.165, 1.54) is 43.4 Å². The molecule has 1 saturated carbocycles. The Labute approximate surface area is 85.5 Å². The van der Waals surface area contributed by atoms with Crippen molar-refractivity contribution in [1.82, 2.24) is 0 Å². The van der Waals surface area contributed by atoms with Crippen molar-refractivity contribution in [3.8, 4) is 0 Å². The van der Waals surface area contributed by atoms with Crippen LogP contribution in [0.25, 0.3) is 0 Å². The lowest BCUT2D eigenvalue weighted by molar-refractivity contribution is 0.315. The summed E-state index contributed by atoms with van der Waals surface area (Å²) in [6.07, 6.45) is 6.94. The molecule has 1 aliphatic carbocycles. The van der Waals surface area contributed by atoms with E-state index in [9.17, 15) is 0 Å². The van der Waals surface area contributed by atoms with E-state index >= 15 is 0 Å². The SMILES string of the molecule is c1ccc2c(c1)C[C@H]1CCCC[C@H]1N2. The molecule has 1 heteroatoms. The lowest BCUT2D eigenvalue weighted by atomic mass is 9.78. The predicted octanol–water partition coefficient (Wildman–Crippen LogP) is 3.21. The van der Waals surface area contributed by atoms with Gasteiger partial charge in [0.2, 0.25) is 0 Å². The van der Waals surface area contributed by atoms with Gasteiger partial charge in [0.25, 0.3) is 0 Å². The minimum Gasteiger partial charge on any atom is -0.382 e. The standard InChI is InChI=1S/C13H17N/c1-3-7-12-10(5-1)9-11-6-2-4-8-13(11)14-12/h1,3,5,7,11,13-14H,2,4,6,8-9H2/t11-,13-/m1/s1. The van der Waals surface area contributed by atoms with E-state index in [2.05, 4.69) is 29.6 Å². The van der Waals surface area contributed by atoms with Crippen molar-refractivity contribution in [2.45, 2.75) is 38.1 Å². The van der Waals surface area contributed by atoms with Gasteiger partial charge in [0.1, 0.15) is 0 Å². The summed E-state index contributed by atoms with van der Waals surface area (Å²) in [5.41, 5.74) is 2.91. The molecule has 1 aliphatic heterocycles. The summed E-state index contributed by atoms with van der Waals surface area (Å²) in [6.45, 7) is 0. The largest absolute Gasteiger partial charge is 0.382 e. The first-order valence-corrected chi connectivity index (χ1v) is 5.78. The van der Waals surface area contributed by atoms with Gasteiger partial charge in [-0.05, 0) is 36.8 Å². The highest BCUT2D eigenvalue weighted by molar-refractivity contribution is 5.54. The molecule has 1 aromatic carbocycles. The number of para-hydroxylation sites is 1. The molecule has 0 unspecified atom stereocenters. The van der Waals surface area contributed by atoms with Crippen LogP contribution in [-0.4, -0.2) is 6.04 Å². The molecule has 0 saturated heterocycles. The Morgan fingerprint density at radius 3 is 2.93 bits per heavy atom. The van der Waals surface area contributed by atoms with Crippen LogP contribution in [-0.2, 0) is 6.42 Å². The maximum absolute atomic E-state index is 3.70. The molecular weight excluding hydrogens is 170 g/mol. The molecule has 1 N–H and O–H groups in total. The first-order chi connectivity index (χ1) is 6.93. The quantitative estimate of drug-likeness (QED) is 0.657. The second kappa shape index (κ2) is 3.30. The van der Waals surface area contributed by atoms with Crippen molar-refractivity contribution in [1.29, 1.82) is 0 Å². The molecule has 0 aromatic heterocycles. The summed E-state index contributed by atoms with van der Waals surface area (Å²) in [6, 6.07) is 9.55. The zero-order valence-electron chi connectivity index (χ0n) is 8.50. The van der Waals surface area contributed by atoms with Gasteiger partial charge in [0, 0.05) is 11.7 Å². The molecule has 1 nitrogen and oxygen atoms in total. The Morgan fingerprint density at radius 2 is 1.93 bits per heavy atom. The summed E-state index contributed by atoms with van der Waals surface area (Å²) in [4.78, 5) is 0. The molecule has 2 aliphatic rings. The van der Waals surface area contributed by atoms with Crippen molar-refractivity contribution < 1.29 is 0 Å². The highest BCUT2D eigenvalue weighted by Gasteiger charge is 2.29. The number of hydrogen-bond donors (Lipinski definition) is 1. The van der Waals surface area contributed by atoms with E-state index < -0.39 is 0 Å². The van der Waals surface area contributed by atoms with Crippen molar-refractivity contribution in [3.05, 3.63) is 29.8 Å². The molecule has 0 radical (unpaired) electrons. The summed E-state index contributed by atoms with van der Waals surface area (Å²) in [5, 5.41) is 3.70. The lowest BCUT2D eigenvalue weighted by Crippen LogP contribution is -2.37. The summed E-state index contributed by atoms with van der Waals surface area (Å²) in [7, 11) is 0. The smallest absolute Gasteiger partial charge is 0.0375 e. The maximum Gasteiger partial charge on any atom is 0.0375 e. The molecule has 1 fully saturated rings. The third-order valence-electron chi connectivity index (χ3n) is 3.75. The Bertz CT molecular complexity index is 299. The minimum absolute atomic E-state index is 0.763. The molecule has 1 aromatic rings. The monoisotopic (exact) mass is 187 g/mol.